The van der Waals surface area contributed by atoms with Crippen LogP contribution in [0.4, 0.5) is 9.93 Å². The van der Waals surface area contributed by atoms with Crippen molar-refractivity contribution in [3.8, 4) is 0 Å². The molecule has 0 fully saturated rings. The van der Waals surface area contributed by atoms with Crippen LogP contribution in [-0.4, -0.2) is 28.1 Å². The molecule has 7 heteroatoms. The first-order valence-electron chi connectivity index (χ1n) is 6.39. The van der Waals surface area contributed by atoms with Crippen LogP contribution >= 0.6 is 11.3 Å². The average Bonchev–Trinajstić information content (AvgIpc) is 2.88. The summed E-state index contributed by atoms with van der Waals surface area (Å²) in [5.41, 5.74) is 1.06. The van der Waals surface area contributed by atoms with E-state index >= 15 is 0 Å². The normalized spacial score (nSPS) is 14.8. The first kappa shape index (κ1) is 13.8. The standard InChI is InChI=1S/C12H17N3O3S/c1-2-4-8(10(16)17)13-11(18)15-12-14-7-5-3-6-9(7)19-12/h8H,2-6H2,1H3,(H,16,17)(H2,13,14,15,18)/t8-/m1/s1. The van der Waals surface area contributed by atoms with Crippen LogP contribution < -0.4 is 10.6 Å². The first-order chi connectivity index (χ1) is 9.10. The third-order valence-corrected chi connectivity index (χ3v) is 4.07. The smallest absolute Gasteiger partial charge is 0.326 e. The molecular formula is C12H17N3O3S. The van der Waals surface area contributed by atoms with Gasteiger partial charge >= 0.3 is 12.0 Å². The molecule has 1 aromatic heterocycles. The number of carbonyl (C=O) groups excluding carboxylic acids is 1. The fourth-order valence-electron chi connectivity index (χ4n) is 2.08. The number of hydrogen-bond acceptors (Lipinski definition) is 4. The lowest BCUT2D eigenvalue weighted by atomic mass is 10.2. The van der Waals surface area contributed by atoms with Crippen molar-refractivity contribution in [2.24, 2.45) is 0 Å². The fourth-order valence-corrected chi connectivity index (χ4v) is 3.13. The van der Waals surface area contributed by atoms with Crippen LogP contribution in [0.1, 0.15) is 36.8 Å². The zero-order valence-corrected chi connectivity index (χ0v) is 11.5. The highest BCUT2D eigenvalue weighted by atomic mass is 32.1. The van der Waals surface area contributed by atoms with E-state index in [2.05, 4.69) is 15.6 Å². The van der Waals surface area contributed by atoms with E-state index in [0.29, 0.717) is 18.0 Å². The number of carboxylic acid groups (broad SMARTS) is 1. The number of anilines is 1. The second kappa shape index (κ2) is 6.01. The molecule has 1 aliphatic carbocycles. The predicted molar refractivity (Wildman–Crippen MR) is 72.6 cm³/mol. The van der Waals surface area contributed by atoms with Crippen molar-refractivity contribution in [2.45, 2.75) is 45.1 Å². The Labute approximate surface area is 115 Å². The molecule has 1 aromatic rings. The van der Waals surface area contributed by atoms with Crippen molar-refractivity contribution in [1.29, 1.82) is 0 Å². The molecule has 0 saturated heterocycles. The Morgan fingerprint density at radius 3 is 2.89 bits per heavy atom. The van der Waals surface area contributed by atoms with Gasteiger partial charge in [-0.3, -0.25) is 5.32 Å². The van der Waals surface area contributed by atoms with E-state index in [0.717, 1.165) is 25.0 Å². The highest BCUT2D eigenvalue weighted by Crippen LogP contribution is 2.30. The molecule has 19 heavy (non-hydrogen) atoms. The zero-order chi connectivity index (χ0) is 13.8. The lowest BCUT2D eigenvalue weighted by Crippen LogP contribution is -2.42. The minimum Gasteiger partial charge on any atom is -0.480 e. The van der Waals surface area contributed by atoms with Crippen LogP contribution in [-0.2, 0) is 17.6 Å². The molecule has 0 bridgehead atoms. The zero-order valence-electron chi connectivity index (χ0n) is 10.7. The van der Waals surface area contributed by atoms with Crippen LogP contribution in [0.3, 0.4) is 0 Å². The van der Waals surface area contributed by atoms with Crippen molar-refractivity contribution in [1.82, 2.24) is 10.3 Å². The third kappa shape index (κ3) is 3.44. The Hall–Kier alpha value is -1.63. The third-order valence-electron chi connectivity index (χ3n) is 3.00. The number of aryl methyl sites for hydroxylation is 2. The number of aromatic nitrogens is 1. The maximum atomic E-state index is 11.7. The number of rotatable bonds is 5. The minimum atomic E-state index is -1.02. The molecule has 1 heterocycles. The van der Waals surface area contributed by atoms with Crippen LogP contribution in [0.2, 0.25) is 0 Å². The largest absolute Gasteiger partial charge is 0.480 e. The van der Waals surface area contributed by atoms with Gasteiger partial charge in [-0.15, -0.1) is 11.3 Å². The van der Waals surface area contributed by atoms with Gasteiger partial charge in [-0.1, -0.05) is 13.3 Å². The van der Waals surface area contributed by atoms with Gasteiger partial charge in [-0.05, 0) is 25.7 Å². The summed E-state index contributed by atoms with van der Waals surface area (Å²) in [5, 5.41) is 14.6. The van der Waals surface area contributed by atoms with E-state index in [4.69, 9.17) is 5.11 Å². The summed E-state index contributed by atoms with van der Waals surface area (Å²) in [6.45, 7) is 1.88. The number of fused-ring (bicyclic) bond motifs is 1. The van der Waals surface area contributed by atoms with Crippen molar-refractivity contribution < 1.29 is 14.7 Å². The molecule has 2 rings (SSSR count). The quantitative estimate of drug-likeness (QED) is 0.771. The lowest BCUT2D eigenvalue weighted by Gasteiger charge is -2.13. The Morgan fingerprint density at radius 2 is 2.26 bits per heavy atom. The number of amides is 2. The summed E-state index contributed by atoms with van der Waals surface area (Å²) in [4.78, 5) is 28.2. The van der Waals surface area contributed by atoms with Crippen LogP contribution in [0, 0.1) is 0 Å². The number of aliphatic carboxylic acids is 1. The average molecular weight is 283 g/mol. The molecule has 0 aromatic carbocycles. The number of thiazole rings is 1. The van der Waals surface area contributed by atoms with Gasteiger partial charge in [0.25, 0.3) is 0 Å². The molecule has 0 aliphatic heterocycles. The van der Waals surface area contributed by atoms with Crippen molar-refractivity contribution in [3.05, 3.63) is 10.6 Å². The molecule has 3 N–H and O–H groups in total. The summed E-state index contributed by atoms with van der Waals surface area (Å²) < 4.78 is 0. The van der Waals surface area contributed by atoms with Crippen molar-refractivity contribution in [2.75, 3.05) is 5.32 Å². The molecule has 2 amide bonds. The van der Waals surface area contributed by atoms with Gasteiger partial charge in [0.2, 0.25) is 0 Å². The van der Waals surface area contributed by atoms with E-state index in [1.807, 2.05) is 6.92 Å². The van der Waals surface area contributed by atoms with Crippen LogP contribution in [0.5, 0.6) is 0 Å². The number of carboxylic acids is 1. The highest BCUT2D eigenvalue weighted by molar-refractivity contribution is 7.15. The maximum Gasteiger partial charge on any atom is 0.326 e. The molecule has 6 nitrogen and oxygen atoms in total. The summed E-state index contributed by atoms with van der Waals surface area (Å²) in [6, 6.07) is -1.36. The minimum absolute atomic E-state index is 0.414. The SMILES string of the molecule is CCC[C@@H](NC(=O)Nc1nc2c(s1)CCC2)C(=O)O. The number of carbonyl (C=O) groups is 2. The summed E-state index contributed by atoms with van der Waals surface area (Å²) in [6.07, 6.45) is 4.21. The fraction of sp³-hybridized carbons (Fsp3) is 0.583. The number of urea groups is 1. The Bertz CT molecular complexity index is 465. The lowest BCUT2D eigenvalue weighted by molar-refractivity contribution is -0.139. The topological polar surface area (TPSA) is 91.3 Å². The van der Waals surface area contributed by atoms with Gasteiger partial charge in [-0.2, -0.15) is 0 Å². The first-order valence-corrected chi connectivity index (χ1v) is 7.20. The highest BCUT2D eigenvalue weighted by Gasteiger charge is 2.21. The Balaban J connectivity index is 1.91. The summed E-state index contributed by atoms with van der Waals surface area (Å²) in [7, 11) is 0. The second-order valence-electron chi connectivity index (χ2n) is 4.52. The second-order valence-corrected chi connectivity index (χ2v) is 5.60. The van der Waals surface area contributed by atoms with Gasteiger partial charge in [-0.25, -0.2) is 14.6 Å². The Morgan fingerprint density at radius 1 is 1.47 bits per heavy atom. The van der Waals surface area contributed by atoms with Gasteiger partial charge < -0.3 is 10.4 Å². The van der Waals surface area contributed by atoms with Crippen LogP contribution in [0.15, 0.2) is 0 Å². The molecular weight excluding hydrogens is 266 g/mol. The monoisotopic (exact) mass is 283 g/mol. The number of nitrogens with one attached hydrogen (secondary N) is 2. The molecule has 0 radical (unpaired) electrons. The van der Waals surface area contributed by atoms with Crippen LogP contribution in [0.25, 0.3) is 0 Å². The van der Waals surface area contributed by atoms with Gasteiger partial charge in [0.15, 0.2) is 5.13 Å². The number of hydrogen-bond donors (Lipinski definition) is 3. The van der Waals surface area contributed by atoms with E-state index in [-0.39, 0.29) is 0 Å². The van der Waals surface area contributed by atoms with Gasteiger partial charge in [0.05, 0.1) is 5.69 Å². The molecule has 104 valence electrons. The van der Waals surface area contributed by atoms with E-state index < -0.39 is 18.0 Å². The molecule has 0 saturated carbocycles. The van der Waals surface area contributed by atoms with E-state index in [1.165, 1.54) is 16.2 Å². The summed E-state index contributed by atoms with van der Waals surface area (Å²) >= 11 is 1.47. The molecule has 0 unspecified atom stereocenters. The maximum absolute atomic E-state index is 11.7. The van der Waals surface area contributed by atoms with Gasteiger partial charge in [0, 0.05) is 4.88 Å². The van der Waals surface area contributed by atoms with Gasteiger partial charge in [0.1, 0.15) is 6.04 Å². The summed E-state index contributed by atoms with van der Waals surface area (Å²) in [5.74, 6) is -1.02. The van der Waals surface area contributed by atoms with Crippen molar-refractivity contribution in [3.63, 3.8) is 0 Å². The van der Waals surface area contributed by atoms with Crippen molar-refractivity contribution >= 4 is 28.5 Å². The molecule has 0 spiro atoms. The molecule has 1 aliphatic rings. The van der Waals surface area contributed by atoms with E-state index in [9.17, 15) is 9.59 Å². The predicted octanol–water partition coefficient (Wildman–Crippen LogP) is 2.01. The molecule has 1 atom stereocenters. The van der Waals surface area contributed by atoms with E-state index in [1.54, 1.807) is 0 Å². The Kier molecular flexibility index (Phi) is 4.36. The number of nitrogens with zero attached hydrogens (tertiary/aromatic N) is 1.